The lowest BCUT2D eigenvalue weighted by molar-refractivity contribution is -0.140. The van der Waals surface area contributed by atoms with E-state index in [9.17, 15) is 9.59 Å². The molecule has 1 amide bonds. The van der Waals surface area contributed by atoms with Gasteiger partial charge in [0.1, 0.15) is 0 Å². The highest BCUT2D eigenvalue weighted by Gasteiger charge is 2.30. The molecule has 0 aromatic rings. The standard InChI is InChI=1S/C14H21NO3/c1-4-7-15(10-11-5-6-11)12(16)8-14(2,3)9-13(17)18/h1,11H,5-10H2,2-3H3,(H,17,18). The molecule has 100 valence electrons. The number of nitrogens with zero attached hydrogens (tertiary/aromatic N) is 1. The maximum absolute atomic E-state index is 12.1. The second-order valence-electron chi connectivity index (χ2n) is 5.83. The lowest BCUT2D eigenvalue weighted by Gasteiger charge is -2.27. The summed E-state index contributed by atoms with van der Waals surface area (Å²) in [6.45, 7) is 4.62. The number of carbonyl (C=O) groups is 2. The van der Waals surface area contributed by atoms with Gasteiger partial charge in [0.2, 0.25) is 5.91 Å². The second kappa shape index (κ2) is 5.90. The van der Waals surface area contributed by atoms with Crippen LogP contribution in [0.25, 0.3) is 0 Å². The van der Waals surface area contributed by atoms with Gasteiger partial charge in [0, 0.05) is 13.0 Å². The summed E-state index contributed by atoms with van der Waals surface area (Å²) >= 11 is 0. The van der Waals surface area contributed by atoms with Crippen molar-refractivity contribution in [2.75, 3.05) is 13.1 Å². The second-order valence-corrected chi connectivity index (χ2v) is 5.83. The first-order valence-electron chi connectivity index (χ1n) is 6.27. The Balaban J connectivity index is 2.53. The summed E-state index contributed by atoms with van der Waals surface area (Å²) in [5.74, 6) is 2.17. The van der Waals surface area contributed by atoms with Crippen LogP contribution in [0.2, 0.25) is 0 Å². The number of carboxylic acids is 1. The Morgan fingerprint density at radius 3 is 2.44 bits per heavy atom. The Morgan fingerprint density at radius 2 is 2.00 bits per heavy atom. The van der Waals surface area contributed by atoms with Crippen molar-refractivity contribution in [2.45, 2.75) is 39.5 Å². The smallest absolute Gasteiger partial charge is 0.303 e. The molecule has 0 aliphatic heterocycles. The highest BCUT2D eigenvalue weighted by atomic mass is 16.4. The van der Waals surface area contributed by atoms with Crippen molar-refractivity contribution in [3.63, 3.8) is 0 Å². The molecule has 0 aromatic carbocycles. The zero-order valence-corrected chi connectivity index (χ0v) is 11.1. The Bertz CT molecular complexity index is 364. The van der Waals surface area contributed by atoms with E-state index in [4.69, 9.17) is 11.5 Å². The maximum atomic E-state index is 12.1. The van der Waals surface area contributed by atoms with Crippen molar-refractivity contribution < 1.29 is 14.7 Å². The number of aliphatic carboxylic acids is 1. The molecule has 0 aromatic heterocycles. The number of hydrogen-bond donors (Lipinski definition) is 1. The average molecular weight is 251 g/mol. The van der Waals surface area contributed by atoms with Gasteiger partial charge in [-0.2, -0.15) is 0 Å². The van der Waals surface area contributed by atoms with Crippen molar-refractivity contribution in [1.29, 1.82) is 0 Å². The number of carboxylic acid groups (broad SMARTS) is 1. The van der Waals surface area contributed by atoms with Gasteiger partial charge >= 0.3 is 5.97 Å². The van der Waals surface area contributed by atoms with Crippen molar-refractivity contribution in [2.24, 2.45) is 11.3 Å². The van der Waals surface area contributed by atoms with Crippen LogP contribution >= 0.6 is 0 Å². The monoisotopic (exact) mass is 251 g/mol. The van der Waals surface area contributed by atoms with E-state index < -0.39 is 11.4 Å². The Kier molecular flexibility index (Phi) is 4.77. The summed E-state index contributed by atoms with van der Waals surface area (Å²) in [7, 11) is 0. The van der Waals surface area contributed by atoms with Crippen LogP contribution in [0, 0.1) is 23.7 Å². The minimum Gasteiger partial charge on any atom is -0.481 e. The molecule has 4 heteroatoms. The van der Waals surface area contributed by atoms with Crippen molar-refractivity contribution in [1.82, 2.24) is 4.90 Å². The molecule has 0 unspecified atom stereocenters. The van der Waals surface area contributed by atoms with Crippen LogP contribution in [-0.2, 0) is 9.59 Å². The van der Waals surface area contributed by atoms with Gasteiger partial charge in [-0.05, 0) is 24.2 Å². The fourth-order valence-electron chi connectivity index (χ4n) is 1.97. The molecule has 1 N–H and O–H groups in total. The Labute approximate surface area is 108 Å². The van der Waals surface area contributed by atoms with Gasteiger partial charge in [-0.25, -0.2) is 0 Å². The fraction of sp³-hybridized carbons (Fsp3) is 0.714. The van der Waals surface area contributed by atoms with Gasteiger partial charge < -0.3 is 10.0 Å². The van der Waals surface area contributed by atoms with Gasteiger partial charge in [0.15, 0.2) is 0 Å². The van der Waals surface area contributed by atoms with E-state index in [0.717, 1.165) is 12.8 Å². The van der Waals surface area contributed by atoms with Crippen LogP contribution in [0.4, 0.5) is 0 Å². The number of rotatable bonds is 7. The molecule has 1 fully saturated rings. The summed E-state index contributed by atoms with van der Waals surface area (Å²) in [6.07, 6.45) is 7.81. The van der Waals surface area contributed by atoms with Crippen LogP contribution in [-0.4, -0.2) is 35.0 Å². The number of terminal acetylenes is 1. The highest BCUT2D eigenvalue weighted by molar-refractivity contribution is 5.78. The summed E-state index contributed by atoms with van der Waals surface area (Å²) < 4.78 is 0. The van der Waals surface area contributed by atoms with Gasteiger partial charge in [0.25, 0.3) is 0 Å². The van der Waals surface area contributed by atoms with Crippen LogP contribution in [0.3, 0.4) is 0 Å². The third-order valence-electron chi connectivity index (χ3n) is 3.07. The first-order valence-corrected chi connectivity index (χ1v) is 6.27. The zero-order chi connectivity index (χ0) is 13.8. The maximum Gasteiger partial charge on any atom is 0.303 e. The lowest BCUT2D eigenvalue weighted by Crippen LogP contribution is -2.36. The highest BCUT2D eigenvalue weighted by Crippen LogP contribution is 2.31. The van der Waals surface area contributed by atoms with E-state index in [1.54, 1.807) is 18.7 Å². The molecule has 1 rings (SSSR count). The first-order chi connectivity index (χ1) is 8.34. The summed E-state index contributed by atoms with van der Waals surface area (Å²) in [4.78, 5) is 24.5. The van der Waals surface area contributed by atoms with Crippen LogP contribution < -0.4 is 0 Å². The normalized spacial score (nSPS) is 14.9. The molecule has 0 saturated heterocycles. The molecule has 1 aliphatic rings. The molecule has 0 bridgehead atoms. The summed E-state index contributed by atoms with van der Waals surface area (Å²) in [6, 6.07) is 0. The van der Waals surface area contributed by atoms with E-state index in [1.807, 2.05) is 0 Å². The quantitative estimate of drug-likeness (QED) is 0.701. The molecular formula is C14H21NO3. The van der Waals surface area contributed by atoms with Crippen molar-refractivity contribution in [3.8, 4) is 12.3 Å². The molecular weight excluding hydrogens is 230 g/mol. The van der Waals surface area contributed by atoms with Crippen LogP contribution in [0.1, 0.15) is 39.5 Å². The molecule has 1 aliphatic carbocycles. The van der Waals surface area contributed by atoms with E-state index in [0.29, 0.717) is 19.0 Å². The number of amides is 1. The van der Waals surface area contributed by atoms with Crippen LogP contribution in [0.5, 0.6) is 0 Å². The zero-order valence-electron chi connectivity index (χ0n) is 11.1. The minimum absolute atomic E-state index is 0.00787. The van der Waals surface area contributed by atoms with Crippen molar-refractivity contribution in [3.05, 3.63) is 0 Å². The fourth-order valence-corrected chi connectivity index (χ4v) is 1.97. The van der Waals surface area contributed by atoms with Gasteiger partial charge in [-0.3, -0.25) is 9.59 Å². The predicted molar refractivity (Wildman–Crippen MR) is 68.8 cm³/mol. The largest absolute Gasteiger partial charge is 0.481 e. The molecule has 0 spiro atoms. The lowest BCUT2D eigenvalue weighted by atomic mass is 9.85. The third kappa shape index (κ3) is 5.22. The first kappa shape index (κ1) is 14.6. The van der Waals surface area contributed by atoms with Crippen molar-refractivity contribution >= 4 is 11.9 Å². The molecule has 0 heterocycles. The number of hydrogen-bond acceptors (Lipinski definition) is 2. The van der Waals surface area contributed by atoms with E-state index >= 15 is 0 Å². The molecule has 0 radical (unpaired) electrons. The summed E-state index contributed by atoms with van der Waals surface area (Å²) in [5.41, 5.74) is -0.528. The Hall–Kier alpha value is -1.50. The molecule has 18 heavy (non-hydrogen) atoms. The molecule has 4 nitrogen and oxygen atoms in total. The molecule has 0 atom stereocenters. The van der Waals surface area contributed by atoms with E-state index in [1.165, 1.54) is 0 Å². The third-order valence-corrected chi connectivity index (χ3v) is 3.07. The predicted octanol–water partition coefficient (Wildman–Crippen LogP) is 1.75. The van der Waals surface area contributed by atoms with Crippen LogP contribution in [0.15, 0.2) is 0 Å². The SMILES string of the molecule is C#CCN(CC1CC1)C(=O)CC(C)(C)CC(=O)O. The topological polar surface area (TPSA) is 57.6 Å². The Morgan fingerprint density at radius 1 is 1.39 bits per heavy atom. The van der Waals surface area contributed by atoms with E-state index in [-0.39, 0.29) is 18.7 Å². The molecule has 1 saturated carbocycles. The number of carbonyl (C=O) groups excluding carboxylic acids is 1. The van der Waals surface area contributed by atoms with Gasteiger partial charge in [0.05, 0.1) is 13.0 Å². The van der Waals surface area contributed by atoms with Gasteiger partial charge in [-0.1, -0.05) is 19.8 Å². The average Bonchev–Trinajstić information content (AvgIpc) is 2.97. The minimum atomic E-state index is -0.876. The van der Waals surface area contributed by atoms with Gasteiger partial charge in [-0.15, -0.1) is 6.42 Å². The van der Waals surface area contributed by atoms with E-state index in [2.05, 4.69) is 5.92 Å². The summed E-state index contributed by atoms with van der Waals surface area (Å²) in [5, 5.41) is 8.80.